The third kappa shape index (κ3) is 2.50. The van der Waals surface area contributed by atoms with Gasteiger partial charge in [-0.25, -0.2) is 0 Å². The van der Waals surface area contributed by atoms with Crippen molar-refractivity contribution in [3.8, 4) is 0 Å². The summed E-state index contributed by atoms with van der Waals surface area (Å²) in [5, 5.41) is 1.14. The summed E-state index contributed by atoms with van der Waals surface area (Å²) in [5.41, 5.74) is 1.80. The van der Waals surface area contributed by atoms with Crippen molar-refractivity contribution in [1.29, 1.82) is 0 Å². The molecule has 1 aliphatic rings. The van der Waals surface area contributed by atoms with E-state index >= 15 is 0 Å². The van der Waals surface area contributed by atoms with E-state index in [1.807, 2.05) is 47.1 Å². The molecule has 100 valence electrons. The minimum absolute atomic E-state index is 0.143. The first-order chi connectivity index (χ1) is 9.05. The van der Waals surface area contributed by atoms with Crippen LogP contribution in [0, 0.1) is 0 Å². The second-order valence-corrected chi connectivity index (χ2v) is 7.42. The van der Waals surface area contributed by atoms with E-state index in [2.05, 4.69) is 18.8 Å². The first kappa shape index (κ1) is 12.6. The van der Waals surface area contributed by atoms with Crippen LogP contribution in [-0.2, 0) is 0 Å². The quantitative estimate of drug-likeness (QED) is 0.867. The Hall–Kier alpha value is -1.42. The molecule has 0 aliphatic carbocycles. The van der Waals surface area contributed by atoms with Crippen LogP contribution in [0.15, 0.2) is 30.5 Å². The standard InChI is InChI=1S/C15H18N2OS/c1-15(2)10-17(7-8-19-15)14(18)12-4-3-11-5-6-16-13(11)9-12/h3-6,9,16H,7-8,10H2,1-2H3. The van der Waals surface area contributed by atoms with Gasteiger partial charge in [-0.15, -0.1) is 0 Å². The SMILES string of the molecule is CC1(C)CN(C(=O)c2ccc3cc[nH]c3c2)CCS1. The van der Waals surface area contributed by atoms with Gasteiger partial charge in [0.1, 0.15) is 0 Å². The van der Waals surface area contributed by atoms with Crippen LogP contribution in [-0.4, -0.2) is 39.4 Å². The van der Waals surface area contributed by atoms with Crippen LogP contribution in [0.5, 0.6) is 0 Å². The number of amides is 1. The summed E-state index contributed by atoms with van der Waals surface area (Å²) in [7, 11) is 0. The topological polar surface area (TPSA) is 36.1 Å². The van der Waals surface area contributed by atoms with E-state index in [9.17, 15) is 4.79 Å². The molecule has 0 unspecified atom stereocenters. The van der Waals surface area contributed by atoms with E-state index in [1.54, 1.807) is 0 Å². The first-order valence-corrected chi connectivity index (χ1v) is 7.54. The lowest BCUT2D eigenvalue weighted by molar-refractivity contribution is 0.0748. The second kappa shape index (κ2) is 4.60. The number of hydrogen-bond donors (Lipinski definition) is 1. The van der Waals surface area contributed by atoms with Crippen molar-refractivity contribution >= 4 is 28.6 Å². The fourth-order valence-corrected chi connectivity index (χ4v) is 3.66. The van der Waals surface area contributed by atoms with Crippen LogP contribution in [0.25, 0.3) is 10.9 Å². The molecule has 1 fully saturated rings. The molecule has 1 aromatic heterocycles. The maximum atomic E-state index is 12.6. The van der Waals surface area contributed by atoms with Crippen molar-refractivity contribution in [2.75, 3.05) is 18.8 Å². The highest BCUT2D eigenvalue weighted by Gasteiger charge is 2.30. The van der Waals surface area contributed by atoms with Gasteiger partial charge in [-0.05, 0) is 37.4 Å². The number of aromatic nitrogens is 1. The van der Waals surface area contributed by atoms with Gasteiger partial charge in [0.15, 0.2) is 0 Å². The third-order valence-corrected chi connectivity index (χ3v) is 4.81. The Labute approximate surface area is 117 Å². The predicted octanol–water partition coefficient (Wildman–Crippen LogP) is 3.14. The molecule has 0 bridgehead atoms. The normalized spacial score (nSPS) is 18.7. The van der Waals surface area contributed by atoms with Crippen molar-refractivity contribution in [2.45, 2.75) is 18.6 Å². The molecule has 0 radical (unpaired) electrons. The van der Waals surface area contributed by atoms with Gasteiger partial charge in [0, 0.05) is 40.9 Å². The third-order valence-electron chi connectivity index (χ3n) is 3.51. The molecule has 3 rings (SSSR count). The molecule has 1 aromatic carbocycles. The molecule has 3 nitrogen and oxygen atoms in total. The molecule has 1 saturated heterocycles. The number of hydrogen-bond acceptors (Lipinski definition) is 2. The van der Waals surface area contributed by atoms with Crippen molar-refractivity contribution < 1.29 is 4.79 Å². The van der Waals surface area contributed by atoms with Gasteiger partial charge in [0.2, 0.25) is 0 Å². The lowest BCUT2D eigenvalue weighted by Crippen LogP contribution is -2.46. The Bertz CT molecular complexity index is 617. The molecule has 4 heteroatoms. The summed E-state index contributed by atoms with van der Waals surface area (Å²) in [4.78, 5) is 17.7. The lowest BCUT2D eigenvalue weighted by Gasteiger charge is -2.37. The van der Waals surface area contributed by atoms with Crippen molar-refractivity contribution in [1.82, 2.24) is 9.88 Å². The fraction of sp³-hybridized carbons (Fsp3) is 0.400. The summed E-state index contributed by atoms with van der Waals surface area (Å²) in [6, 6.07) is 7.90. The van der Waals surface area contributed by atoms with Crippen molar-refractivity contribution in [3.63, 3.8) is 0 Å². The maximum absolute atomic E-state index is 12.6. The van der Waals surface area contributed by atoms with E-state index in [0.29, 0.717) is 0 Å². The first-order valence-electron chi connectivity index (χ1n) is 6.56. The molecule has 0 saturated carbocycles. The molecule has 2 heterocycles. The van der Waals surface area contributed by atoms with Crippen molar-refractivity contribution in [3.05, 3.63) is 36.0 Å². The zero-order chi connectivity index (χ0) is 13.5. The number of aromatic amines is 1. The average Bonchev–Trinajstić information content (AvgIpc) is 2.83. The Morgan fingerprint density at radius 3 is 3.00 bits per heavy atom. The summed E-state index contributed by atoms with van der Waals surface area (Å²) in [5.74, 6) is 1.16. The number of fused-ring (bicyclic) bond motifs is 1. The Morgan fingerprint density at radius 2 is 2.21 bits per heavy atom. The summed E-state index contributed by atoms with van der Waals surface area (Å²) >= 11 is 1.94. The average molecular weight is 274 g/mol. The van der Waals surface area contributed by atoms with E-state index < -0.39 is 0 Å². The van der Waals surface area contributed by atoms with E-state index in [4.69, 9.17) is 0 Å². The smallest absolute Gasteiger partial charge is 0.254 e. The highest BCUT2D eigenvalue weighted by atomic mass is 32.2. The van der Waals surface area contributed by atoms with Crippen LogP contribution in [0.1, 0.15) is 24.2 Å². The number of nitrogens with zero attached hydrogens (tertiary/aromatic N) is 1. The van der Waals surface area contributed by atoms with Gasteiger partial charge < -0.3 is 9.88 Å². The van der Waals surface area contributed by atoms with E-state index in [1.165, 1.54) is 0 Å². The van der Waals surface area contributed by atoms with Gasteiger partial charge in [0.05, 0.1) is 0 Å². The number of carbonyl (C=O) groups is 1. The number of thioether (sulfide) groups is 1. The van der Waals surface area contributed by atoms with Crippen LogP contribution in [0.4, 0.5) is 0 Å². The summed E-state index contributed by atoms with van der Waals surface area (Å²) in [6.07, 6.45) is 1.90. The highest BCUT2D eigenvalue weighted by molar-refractivity contribution is 8.00. The molecular weight excluding hydrogens is 256 g/mol. The number of rotatable bonds is 1. The van der Waals surface area contributed by atoms with Crippen molar-refractivity contribution in [2.24, 2.45) is 0 Å². The Kier molecular flexibility index (Phi) is 3.05. The minimum Gasteiger partial charge on any atom is -0.361 e. The highest BCUT2D eigenvalue weighted by Crippen LogP contribution is 2.30. The largest absolute Gasteiger partial charge is 0.361 e. The zero-order valence-electron chi connectivity index (χ0n) is 11.3. The van der Waals surface area contributed by atoms with Crippen LogP contribution >= 0.6 is 11.8 Å². The molecule has 1 aliphatic heterocycles. The molecule has 2 aromatic rings. The molecule has 1 N–H and O–H groups in total. The predicted molar refractivity (Wildman–Crippen MR) is 80.7 cm³/mol. The molecule has 0 spiro atoms. The van der Waals surface area contributed by atoms with E-state index in [0.717, 1.165) is 35.3 Å². The fourth-order valence-electron chi connectivity index (χ4n) is 2.55. The van der Waals surface area contributed by atoms with Gasteiger partial charge >= 0.3 is 0 Å². The molecule has 19 heavy (non-hydrogen) atoms. The Morgan fingerprint density at radius 1 is 1.37 bits per heavy atom. The monoisotopic (exact) mass is 274 g/mol. The number of carbonyl (C=O) groups excluding carboxylic acids is 1. The minimum atomic E-state index is 0.143. The second-order valence-electron chi connectivity index (χ2n) is 5.61. The van der Waals surface area contributed by atoms with Crippen LogP contribution < -0.4 is 0 Å². The summed E-state index contributed by atoms with van der Waals surface area (Å²) < 4.78 is 0.157. The van der Waals surface area contributed by atoms with Gasteiger partial charge in [0.25, 0.3) is 5.91 Å². The van der Waals surface area contributed by atoms with E-state index in [-0.39, 0.29) is 10.7 Å². The van der Waals surface area contributed by atoms with Crippen LogP contribution in [0.2, 0.25) is 0 Å². The summed E-state index contributed by atoms with van der Waals surface area (Å²) in [6.45, 7) is 6.06. The number of H-pyrrole nitrogens is 1. The molecule has 0 atom stereocenters. The Balaban J connectivity index is 1.86. The molecular formula is C15H18N2OS. The van der Waals surface area contributed by atoms with Crippen LogP contribution in [0.3, 0.4) is 0 Å². The zero-order valence-corrected chi connectivity index (χ0v) is 12.1. The number of benzene rings is 1. The van der Waals surface area contributed by atoms with Gasteiger partial charge in [-0.1, -0.05) is 6.07 Å². The maximum Gasteiger partial charge on any atom is 0.254 e. The van der Waals surface area contributed by atoms with Gasteiger partial charge in [-0.2, -0.15) is 11.8 Å². The molecule has 1 amide bonds. The number of nitrogens with one attached hydrogen (secondary N) is 1. The van der Waals surface area contributed by atoms with Gasteiger partial charge in [-0.3, -0.25) is 4.79 Å². The lowest BCUT2D eigenvalue weighted by atomic mass is 10.1.